The Hall–Kier alpha value is -3.89. The molecule has 1 aromatic carbocycles. The van der Waals surface area contributed by atoms with E-state index < -0.39 is 29.6 Å². The lowest BCUT2D eigenvalue weighted by atomic mass is 10.1. The third-order valence-electron chi connectivity index (χ3n) is 5.34. The monoisotopic (exact) mass is 515 g/mol. The number of carbonyl (C=O) groups is 3. The molecular formula is C26H37N5O6. The van der Waals surface area contributed by atoms with Crippen molar-refractivity contribution in [2.45, 2.75) is 66.0 Å². The number of ether oxygens (including phenoxy) is 2. The number of aromatic nitrogens is 2. The minimum atomic E-state index is -1.14. The highest BCUT2D eigenvalue weighted by atomic mass is 16.6. The molecule has 0 saturated heterocycles. The maximum atomic E-state index is 13.0. The number of anilines is 1. The first kappa shape index (κ1) is 29.3. The van der Waals surface area contributed by atoms with Crippen molar-refractivity contribution in [3.63, 3.8) is 0 Å². The van der Waals surface area contributed by atoms with E-state index in [-0.39, 0.29) is 17.9 Å². The third-order valence-corrected chi connectivity index (χ3v) is 5.34. The lowest BCUT2D eigenvalue weighted by Crippen LogP contribution is -2.50. The van der Waals surface area contributed by atoms with Gasteiger partial charge in [0, 0.05) is 6.54 Å². The van der Waals surface area contributed by atoms with Crippen LogP contribution < -0.4 is 16.0 Å². The van der Waals surface area contributed by atoms with Gasteiger partial charge in [-0.1, -0.05) is 12.1 Å². The summed E-state index contributed by atoms with van der Waals surface area (Å²) >= 11 is 0. The van der Waals surface area contributed by atoms with Crippen molar-refractivity contribution < 1.29 is 29.0 Å². The molecule has 1 heterocycles. The second-order valence-electron chi connectivity index (χ2n) is 9.68. The molecule has 2 rings (SSSR count). The molecule has 0 saturated carbocycles. The van der Waals surface area contributed by atoms with Crippen LogP contribution in [0.5, 0.6) is 5.75 Å². The predicted octanol–water partition coefficient (Wildman–Crippen LogP) is 2.95. The van der Waals surface area contributed by atoms with Gasteiger partial charge in [0.1, 0.15) is 17.4 Å². The molecule has 0 fully saturated rings. The molecule has 2 amide bonds. The summed E-state index contributed by atoms with van der Waals surface area (Å²) in [7, 11) is 1.19. The van der Waals surface area contributed by atoms with Gasteiger partial charge in [-0.3, -0.25) is 4.79 Å². The van der Waals surface area contributed by atoms with Crippen LogP contribution in [-0.4, -0.2) is 64.9 Å². The van der Waals surface area contributed by atoms with Gasteiger partial charge in [-0.15, -0.1) is 0 Å². The van der Waals surface area contributed by atoms with E-state index in [0.29, 0.717) is 23.9 Å². The summed E-state index contributed by atoms with van der Waals surface area (Å²) in [5.41, 5.74) is 2.25. The summed E-state index contributed by atoms with van der Waals surface area (Å²) in [6.07, 6.45) is 0.837. The first-order chi connectivity index (χ1) is 17.3. The Morgan fingerprint density at radius 1 is 1.08 bits per heavy atom. The van der Waals surface area contributed by atoms with Crippen LogP contribution in [0.4, 0.5) is 10.7 Å². The maximum absolute atomic E-state index is 13.0. The van der Waals surface area contributed by atoms with Gasteiger partial charge in [0.25, 0.3) is 5.91 Å². The number of hydrogen-bond acceptors (Lipinski definition) is 9. The van der Waals surface area contributed by atoms with Gasteiger partial charge >= 0.3 is 12.1 Å². The molecule has 37 heavy (non-hydrogen) atoms. The van der Waals surface area contributed by atoms with Gasteiger partial charge in [-0.2, -0.15) is 0 Å². The summed E-state index contributed by atoms with van der Waals surface area (Å²) in [4.78, 5) is 45.9. The number of esters is 1. The molecule has 11 nitrogen and oxygen atoms in total. The number of phenolic OH excluding ortho intramolecular Hbond substituents is 1. The molecule has 11 heteroatoms. The van der Waals surface area contributed by atoms with Crippen molar-refractivity contribution in [1.82, 2.24) is 20.6 Å². The van der Waals surface area contributed by atoms with E-state index in [0.717, 1.165) is 24.0 Å². The topological polar surface area (TPSA) is 152 Å². The number of aryl methyl sites for hydroxylation is 4. The van der Waals surface area contributed by atoms with Crippen LogP contribution in [0, 0.1) is 20.8 Å². The van der Waals surface area contributed by atoms with E-state index in [4.69, 9.17) is 9.47 Å². The van der Waals surface area contributed by atoms with E-state index in [9.17, 15) is 19.5 Å². The first-order valence-electron chi connectivity index (χ1n) is 12.0. The smallest absolute Gasteiger partial charge is 0.407 e. The molecule has 0 unspecified atom stereocenters. The molecular weight excluding hydrogens is 478 g/mol. The molecule has 202 valence electrons. The largest absolute Gasteiger partial charge is 0.508 e. The van der Waals surface area contributed by atoms with Crippen molar-refractivity contribution in [3.8, 4) is 5.75 Å². The minimum absolute atomic E-state index is 0.218. The number of aromatic hydroxyl groups is 1. The van der Waals surface area contributed by atoms with Crippen LogP contribution in [0.3, 0.4) is 0 Å². The van der Waals surface area contributed by atoms with Gasteiger partial charge in [0.15, 0.2) is 0 Å². The van der Waals surface area contributed by atoms with Crippen molar-refractivity contribution in [2.24, 2.45) is 0 Å². The maximum Gasteiger partial charge on any atom is 0.407 e. The van der Waals surface area contributed by atoms with Gasteiger partial charge in [0.2, 0.25) is 5.95 Å². The van der Waals surface area contributed by atoms with Gasteiger partial charge in [0.05, 0.1) is 30.6 Å². The lowest BCUT2D eigenvalue weighted by Gasteiger charge is -2.22. The minimum Gasteiger partial charge on any atom is -0.508 e. The fourth-order valence-electron chi connectivity index (χ4n) is 3.49. The second-order valence-corrected chi connectivity index (χ2v) is 9.68. The molecule has 0 spiro atoms. The van der Waals surface area contributed by atoms with Crippen LogP contribution in [0.2, 0.25) is 0 Å². The van der Waals surface area contributed by atoms with Gasteiger partial charge in [-0.05, 0) is 71.6 Å². The molecule has 0 aliphatic heterocycles. The van der Waals surface area contributed by atoms with E-state index in [2.05, 4.69) is 25.9 Å². The number of nitrogens with one attached hydrogen (secondary N) is 3. The standard InChI is InChI=1S/C26H37N5O6/c1-15-10-11-18(13-20(15)32)9-8-12-27-24-29-16(2)21(17(3)30-24)22(33)31-19(23(34)36-7)14-28-25(35)37-26(4,5)6/h10-11,13,19,32H,8-9,12,14H2,1-7H3,(H,28,35)(H,31,33)(H,27,29,30)/t19-/m0/s1. The average molecular weight is 516 g/mol. The number of phenols is 1. The quantitative estimate of drug-likeness (QED) is 0.276. The highest BCUT2D eigenvalue weighted by Crippen LogP contribution is 2.18. The van der Waals surface area contributed by atoms with E-state index in [1.54, 1.807) is 40.7 Å². The number of alkyl carbamates (subject to hydrolysis) is 1. The number of nitrogens with zero attached hydrogens (tertiary/aromatic N) is 2. The zero-order valence-corrected chi connectivity index (χ0v) is 22.5. The zero-order valence-electron chi connectivity index (χ0n) is 22.5. The summed E-state index contributed by atoms with van der Waals surface area (Å²) in [5.74, 6) is -0.624. The van der Waals surface area contributed by atoms with Crippen LogP contribution in [0.1, 0.15) is 60.1 Å². The summed E-state index contributed by atoms with van der Waals surface area (Å²) in [6, 6.07) is 4.49. The van der Waals surface area contributed by atoms with Gasteiger partial charge in [-0.25, -0.2) is 19.6 Å². The SMILES string of the molecule is COC(=O)[C@H](CNC(=O)OC(C)(C)C)NC(=O)c1c(C)nc(NCCCc2ccc(C)c(O)c2)nc1C. The molecule has 0 radical (unpaired) electrons. The second kappa shape index (κ2) is 12.9. The number of carbonyl (C=O) groups excluding carboxylic acids is 3. The summed E-state index contributed by atoms with van der Waals surface area (Å²) < 4.78 is 9.93. The number of methoxy groups -OCH3 is 1. The highest BCUT2D eigenvalue weighted by Gasteiger charge is 2.26. The van der Waals surface area contributed by atoms with Crippen molar-refractivity contribution >= 4 is 23.9 Å². The molecule has 0 bridgehead atoms. The Balaban J connectivity index is 1.99. The van der Waals surface area contributed by atoms with Crippen LogP contribution in [0.15, 0.2) is 18.2 Å². The van der Waals surface area contributed by atoms with Crippen molar-refractivity contribution in [3.05, 3.63) is 46.3 Å². The predicted molar refractivity (Wildman–Crippen MR) is 139 cm³/mol. The number of hydrogen-bond donors (Lipinski definition) is 4. The zero-order chi connectivity index (χ0) is 27.8. The average Bonchev–Trinajstić information content (AvgIpc) is 2.79. The molecule has 2 aromatic rings. The summed E-state index contributed by atoms with van der Waals surface area (Å²) in [5, 5.41) is 18.0. The normalized spacial score (nSPS) is 11.9. The first-order valence-corrected chi connectivity index (χ1v) is 12.0. The fraction of sp³-hybridized carbons (Fsp3) is 0.500. The Kier molecular flexibility index (Phi) is 10.2. The molecule has 1 atom stereocenters. The van der Waals surface area contributed by atoms with Crippen LogP contribution >= 0.6 is 0 Å². The third kappa shape index (κ3) is 9.25. The van der Waals surface area contributed by atoms with E-state index >= 15 is 0 Å². The molecule has 0 aliphatic carbocycles. The Morgan fingerprint density at radius 2 is 1.73 bits per heavy atom. The Morgan fingerprint density at radius 3 is 2.30 bits per heavy atom. The number of benzene rings is 1. The Bertz CT molecular complexity index is 1110. The van der Waals surface area contributed by atoms with Gasteiger partial charge < -0.3 is 30.5 Å². The Labute approximate surface area is 217 Å². The lowest BCUT2D eigenvalue weighted by molar-refractivity contribution is -0.142. The van der Waals surface area contributed by atoms with Crippen LogP contribution in [0.25, 0.3) is 0 Å². The van der Waals surface area contributed by atoms with E-state index in [1.807, 2.05) is 19.1 Å². The van der Waals surface area contributed by atoms with E-state index in [1.165, 1.54) is 7.11 Å². The summed E-state index contributed by atoms with van der Waals surface area (Å²) in [6.45, 7) is 10.7. The molecule has 1 aromatic heterocycles. The number of rotatable bonds is 10. The van der Waals surface area contributed by atoms with Crippen molar-refractivity contribution in [2.75, 3.05) is 25.5 Å². The number of amides is 2. The molecule has 4 N–H and O–H groups in total. The fourth-order valence-corrected chi connectivity index (χ4v) is 3.49. The molecule has 0 aliphatic rings. The van der Waals surface area contributed by atoms with Crippen molar-refractivity contribution in [1.29, 1.82) is 0 Å². The highest BCUT2D eigenvalue weighted by molar-refractivity contribution is 5.98. The van der Waals surface area contributed by atoms with Crippen LogP contribution in [-0.2, 0) is 20.7 Å².